The summed E-state index contributed by atoms with van der Waals surface area (Å²) in [5.74, 6) is 0.622. The molecular weight excluding hydrogens is 509 g/mol. The summed E-state index contributed by atoms with van der Waals surface area (Å²) >= 11 is 0. The van der Waals surface area contributed by atoms with Gasteiger partial charge in [-0.1, -0.05) is 19.1 Å². The van der Waals surface area contributed by atoms with E-state index < -0.39 is 5.60 Å². The van der Waals surface area contributed by atoms with E-state index >= 15 is 0 Å². The Hall–Kier alpha value is -2.04. The first-order valence-electron chi connectivity index (χ1n) is 10.6. The van der Waals surface area contributed by atoms with Crippen molar-refractivity contribution in [3.05, 3.63) is 35.4 Å². The van der Waals surface area contributed by atoms with Crippen LogP contribution >= 0.6 is 24.0 Å². The van der Waals surface area contributed by atoms with Crippen molar-refractivity contribution in [3.8, 4) is 0 Å². The molecule has 0 radical (unpaired) electrons. The van der Waals surface area contributed by atoms with Gasteiger partial charge in [-0.3, -0.25) is 4.79 Å². The van der Waals surface area contributed by atoms with Gasteiger partial charge in [0.1, 0.15) is 5.60 Å². The smallest absolute Gasteiger partial charge is 0.410 e. The highest BCUT2D eigenvalue weighted by Gasteiger charge is 2.34. The van der Waals surface area contributed by atoms with Crippen LogP contribution in [0.25, 0.3) is 0 Å². The van der Waals surface area contributed by atoms with E-state index in [2.05, 4.69) is 20.9 Å². The van der Waals surface area contributed by atoms with Crippen molar-refractivity contribution in [1.29, 1.82) is 0 Å². The van der Waals surface area contributed by atoms with Gasteiger partial charge in [0.25, 0.3) is 5.91 Å². The molecule has 0 aliphatic carbocycles. The van der Waals surface area contributed by atoms with Crippen molar-refractivity contribution in [2.45, 2.75) is 59.2 Å². The average Bonchev–Trinajstić information content (AvgIpc) is 2.65. The zero-order valence-electron chi connectivity index (χ0n) is 19.2. The van der Waals surface area contributed by atoms with E-state index in [9.17, 15) is 9.59 Å². The van der Waals surface area contributed by atoms with Crippen LogP contribution in [-0.4, -0.2) is 60.7 Å². The second-order valence-corrected chi connectivity index (χ2v) is 8.38. The van der Waals surface area contributed by atoms with Crippen LogP contribution in [0.1, 0.15) is 57.0 Å². The number of carbonyl (C=O) groups is 2. The molecule has 0 atom stereocenters. The van der Waals surface area contributed by atoms with Crippen LogP contribution in [0.3, 0.4) is 0 Å². The monoisotopic (exact) mass is 545 g/mol. The summed E-state index contributed by atoms with van der Waals surface area (Å²) in [5, 5.41) is 9.46. The summed E-state index contributed by atoms with van der Waals surface area (Å²) in [6, 6.07) is 7.63. The molecule has 8 nitrogen and oxygen atoms in total. The maximum atomic E-state index is 12.1. The molecule has 1 saturated heterocycles. The van der Waals surface area contributed by atoms with E-state index in [1.807, 2.05) is 52.8 Å². The molecule has 174 valence electrons. The lowest BCUT2D eigenvalue weighted by Gasteiger charge is -2.40. The zero-order valence-corrected chi connectivity index (χ0v) is 21.5. The van der Waals surface area contributed by atoms with Crippen molar-refractivity contribution >= 4 is 41.9 Å². The Bertz CT molecular complexity index is 758. The SMILES string of the molecule is CCCNC(=O)c1cccc(CN=C(NCC)NC2CN(C(=O)OC(C)(C)C)C2)c1.I. The molecule has 0 spiro atoms. The van der Waals surface area contributed by atoms with Gasteiger partial charge in [0, 0.05) is 31.7 Å². The Balaban J connectivity index is 0.00000480. The number of benzene rings is 1. The standard InChI is InChI=1S/C22H35N5O3.HI/c1-6-11-24-19(28)17-10-8-9-16(12-17)13-25-20(23-7-2)26-18-14-27(15-18)21(29)30-22(3,4)5;/h8-10,12,18H,6-7,11,13-15H2,1-5H3,(H,24,28)(H2,23,25,26);1H. The molecule has 1 aliphatic rings. The summed E-state index contributed by atoms with van der Waals surface area (Å²) in [4.78, 5) is 30.5. The summed E-state index contributed by atoms with van der Waals surface area (Å²) in [6.07, 6.45) is 0.612. The third kappa shape index (κ3) is 9.32. The van der Waals surface area contributed by atoms with Gasteiger partial charge in [0.15, 0.2) is 5.96 Å². The molecule has 0 bridgehead atoms. The number of carbonyl (C=O) groups excluding carboxylic acids is 2. The second kappa shape index (κ2) is 12.7. The van der Waals surface area contributed by atoms with Gasteiger partial charge < -0.3 is 25.6 Å². The van der Waals surface area contributed by atoms with Crippen LogP contribution in [-0.2, 0) is 11.3 Å². The molecule has 2 rings (SSSR count). The number of ether oxygens (including phenoxy) is 1. The van der Waals surface area contributed by atoms with Crippen LogP contribution in [0.2, 0.25) is 0 Å². The Morgan fingerprint density at radius 1 is 1.19 bits per heavy atom. The zero-order chi connectivity index (χ0) is 22.1. The van der Waals surface area contributed by atoms with Crippen molar-refractivity contribution in [1.82, 2.24) is 20.9 Å². The Morgan fingerprint density at radius 2 is 1.90 bits per heavy atom. The largest absolute Gasteiger partial charge is 0.444 e. The first kappa shape index (κ1) is 27.0. The fourth-order valence-electron chi connectivity index (χ4n) is 2.88. The number of aliphatic imine (C=N–C) groups is 1. The second-order valence-electron chi connectivity index (χ2n) is 8.38. The quantitative estimate of drug-likeness (QED) is 0.278. The minimum absolute atomic E-state index is 0. The Morgan fingerprint density at radius 3 is 2.52 bits per heavy atom. The third-order valence-electron chi connectivity index (χ3n) is 4.36. The molecule has 1 aromatic carbocycles. The number of nitrogens with one attached hydrogen (secondary N) is 3. The predicted octanol–water partition coefficient (Wildman–Crippen LogP) is 3.12. The molecule has 1 fully saturated rings. The number of likely N-dealkylation sites (tertiary alicyclic amines) is 1. The first-order valence-corrected chi connectivity index (χ1v) is 10.6. The van der Waals surface area contributed by atoms with Crippen molar-refractivity contribution in [3.63, 3.8) is 0 Å². The number of nitrogens with zero attached hydrogens (tertiary/aromatic N) is 2. The minimum atomic E-state index is -0.492. The molecule has 0 unspecified atom stereocenters. The fourth-order valence-corrected chi connectivity index (χ4v) is 2.88. The van der Waals surface area contributed by atoms with Crippen LogP contribution in [0.15, 0.2) is 29.3 Å². The van der Waals surface area contributed by atoms with Crippen molar-refractivity contribution in [2.75, 3.05) is 26.2 Å². The fraction of sp³-hybridized carbons (Fsp3) is 0.591. The Kier molecular flexibility index (Phi) is 11.1. The topological polar surface area (TPSA) is 95.1 Å². The van der Waals surface area contributed by atoms with Gasteiger partial charge in [-0.05, 0) is 51.8 Å². The summed E-state index contributed by atoms with van der Waals surface area (Å²) < 4.78 is 5.38. The van der Waals surface area contributed by atoms with Crippen molar-refractivity contribution < 1.29 is 14.3 Å². The first-order chi connectivity index (χ1) is 14.2. The lowest BCUT2D eigenvalue weighted by molar-refractivity contribution is 0.00700. The molecule has 0 aromatic heterocycles. The van der Waals surface area contributed by atoms with Gasteiger partial charge in [0.2, 0.25) is 0 Å². The van der Waals surface area contributed by atoms with E-state index in [0.717, 1.165) is 18.5 Å². The molecule has 1 aromatic rings. The number of halogens is 1. The highest BCUT2D eigenvalue weighted by molar-refractivity contribution is 14.0. The maximum Gasteiger partial charge on any atom is 0.410 e. The van der Waals surface area contributed by atoms with E-state index in [4.69, 9.17) is 4.74 Å². The van der Waals surface area contributed by atoms with Gasteiger partial charge in [-0.2, -0.15) is 0 Å². The maximum absolute atomic E-state index is 12.1. The van der Waals surface area contributed by atoms with E-state index in [1.165, 1.54) is 0 Å². The Labute approximate surface area is 202 Å². The van der Waals surface area contributed by atoms with Crippen LogP contribution < -0.4 is 16.0 Å². The molecule has 2 amide bonds. The molecule has 3 N–H and O–H groups in total. The summed E-state index contributed by atoms with van der Waals surface area (Å²) in [6.45, 7) is 12.6. The predicted molar refractivity (Wildman–Crippen MR) is 134 cm³/mol. The minimum Gasteiger partial charge on any atom is -0.444 e. The molecule has 31 heavy (non-hydrogen) atoms. The number of guanidine groups is 1. The van der Waals surface area contributed by atoms with Gasteiger partial charge >= 0.3 is 6.09 Å². The lowest BCUT2D eigenvalue weighted by Crippen LogP contribution is -2.63. The normalized spacial score (nSPS) is 14.2. The molecular formula is C22H36IN5O3. The van der Waals surface area contributed by atoms with E-state index in [1.54, 1.807) is 11.0 Å². The number of hydrogen-bond donors (Lipinski definition) is 3. The molecule has 9 heteroatoms. The van der Waals surface area contributed by atoms with E-state index in [-0.39, 0.29) is 42.0 Å². The highest BCUT2D eigenvalue weighted by Crippen LogP contribution is 2.15. The van der Waals surface area contributed by atoms with Gasteiger partial charge in [-0.25, -0.2) is 9.79 Å². The highest BCUT2D eigenvalue weighted by atomic mass is 127. The lowest BCUT2D eigenvalue weighted by atomic mass is 10.1. The van der Waals surface area contributed by atoms with Crippen LogP contribution in [0.4, 0.5) is 4.79 Å². The molecule has 0 saturated carbocycles. The van der Waals surface area contributed by atoms with Crippen molar-refractivity contribution in [2.24, 2.45) is 4.99 Å². The number of hydrogen-bond acceptors (Lipinski definition) is 4. The average molecular weight is 545 g/mol. The van der Waals surface area contributed by atoms with E-state index in [0.29, 0.717) is 37.7 Å². The van der Waals surface area contributed by atoms with Crippen LogP contribution in [0.5, 0.6) is 0 Å². The van der Waals surface area contributed by atoms with Gasteiger partial charge in [0.05, 0.1) is 12.6 Å². The summed E-state index contributed by atoms with van der Waals surface area (Å²) in [5.41, 5.74) is 1.11. The third-order valence-corrected chi connectivity index (χ3v) is 4.36. The molecule has 1 heterocycles. The molecule has 1 aliphatic heterocycles. The number of amides is 2. The number of rotatable bonds is 7. The van der Waals surface area contributed by atoms with Crippen LogP contribution in [0, 0.1) is 0 Å². The summed E-state index contributed by atoms with van der Waals surface area (Å²) in [7, 11) is 0. The van der Waals surface area contributed by atoms with Gasteiger partial charge in [-0.15, -0.1) is 24.0 Å².